The molecule has 9 fully saturated rings. The molecule has 9 aliphatic rings. The van der Waals surface area contributed by atoms with Crippen molar-refractivity contribution in [2.45, 2.75) is 151 Å². The fraction of sp³-hybridized carbons (Fsp3) is 1.00. The Kier molecular flexibility index (Phi) is 9.12. The quantitative estimate of drug-likeness (QED) is 0.135. The lowest BCUT2D eigenvalue weighted by Crippen LogP contribution is -2.62. The van der Waals surface area contributed by atoms with Crippen LogP contribution in [0.5, 0.6) is 0 Å². The normalized spacial score (nSPS) is 52.5. The van der Waals surface area contributed by atoms with Crippen molar-refractivity contribution in [2.24, 2.45) is 47.3 Å². The van der Waals surface area contributed by atoms with Crippen molar-refractivity contribution in [2.75, 3.05) is 0 Å². The third-order valence-electron chi connectivity index (χ3n) is 15.2. The Morgan fingerprint density at radius 1 is 0.346 bits per heavy atom. The van der Waals surface area contributed by atoms with E-state index in [1.807, 2.05) is 0 Å². The van der Waals surface area contributed by atoms with Crippen LogP contribution in [0.15, 0.2) is 0 Å². The van der Waals surface area contributed by atoms with Gasteiger partial charge in [-0.25, -0.2) is 0 Å². The van der Waals surface area contributed by atoms with E-state index < -0.39 is 30.3 Å². The second-order valence-corrected chi connectivity index (χ2v) is 17.4. The van der Waals surface area contributed by atoms with E-state index in [2.05, 4.69) is 42.5 Å². The topological polar surface area (TPSA) is 269 Å². The van der Waals surface area contributed by atoms with Crippen molar-refractivity contribution in [3.05, 3.63) is 40.5 Å². The van der Waals surface area contributed by atoms with Crippen LogP contribution in [0, 0.1) is 87.8 Å². The highest BCUT2D eigenvalue weighted by Gasteiger charge is 2.59. The number of nitrogens with zero attached hydrogens (tertiary/aromatic N) is 4. The standard InChI is InChI=1S/C32H52N12O8/c45-41(46)13-4-7-16-20(10-13)29-34-25(16)33-26-17-8-5-14(42(47)48)11-21(17)30(35-26)38-28-19-2-1-3-23(44(51)52)24(19)32(39-28)40-31-22-12-15(43(49)50)6-9-18(22)27(36-29)37-31/h13-40H,1-12H2. The summed E-state index contributed by atoms with van der Waals surface area (Å²) in [6, 6.07) is -2.70. The number of hydrogen-bond donors (Lipinski definition) is 8. The molecule has 0 aromatic rings. The predicted octanol–water partition coefficient (Wildman–Crippen LogP) is -0.374. The van der Waals surface area contributed by atoms with Crippen molar-refractivity contribution < 1.29 is 19.7 Å². The SMILES string of the molecule is O=[N+]([O-])C1CCC2C3NC(NC4NC(NC5NC(NC6NC(N3)C3CCC([N+](=O)[O-])CC63)C3CCCC([N+](=O)[O-])C53)C3CC([N+](=O)[O-])CCC43)C2C1. The number of fused-ring (bicyclic) bond motifs is 20. The molecule has 5 aliphatic heterocycles. The van der Waals surface area contributed by atoms with Crippen LogP contribution in [-0.2, 0) is 0 Å². The number of nitro groups is 4. The second-order valence-electron chi connectivity index (χ2n) is 17.4. The zero-order chi connectivity index (χ0) is 36.0. The molecule has 0 amide bonds. The van der Waals surface area contributed by atoms with E-state index in [9.17, 15) is 40.5 Å². The zero-order valence-corrected chi connectivity index (χ0v) is 29.1. The van der Waals surface area contributed by atoms with Gasteiger partial charge in [-0.3, -0.25) is 83.0 Å². The Labute approximate surface area is 300 Å². The molecule has 9 rings (SSSR count). The Hall–Kier alpha value is -2.72. The van der Waals surface area contributed by atoms with Crippen molar-refractivity contribution in [3.8, 4) is 0 Å². The highest BCUT2D eigenvalue weighted by molar-refractivity contribution is 5.10. The molecule has 0 aromatic carbocycles. The van der Waals surface area contributed by atoms with Crippen LogP contribution >= 0.6 is 0 Å². The summed E-state index contributed by atoms with van der Waals surface area (Å²) < 4.78 is 0. The monoisotopic (exact) mass is 732 g/mol. The highest BCUT2D eigenvalue weighted by atomic mass is 16.6. The van der Waals surface area contributed by atoms with Gasteiger partial charge in [-0.15, -0.1) is 0 Å². The molecule has 8 bridgehead atoms. The lowest BCUT2D eigenvalue weighted by molar-refractivity contribution is -0.538. The molecule has 8 N–H and O–H groups in total. The van der Waals surface area contributed by atoms with Gasteiger partial charge in [0.15, 0.2) is 0 Å². The van der Waals surface area contributed by atoms with Crippen molar-refractivity contribution in [3.63, 3.8) is 0 Å². The Morgan fingerprint density at radius 3 is 1.02 bits per heavy atom. The van der Waals surface area contributed by atoms with E-state index in [0.717, 1.165) is 12.8 Å². The maximum atomic E-state index is 12.5. The van der Waals surface area contributed by atoms with E-state index in [1.54, 1.807) is 0 Å². The van der Waals surface area contributed by atoms with Crippen LogP contribution in [0.25, 0.3) is 0 Å². The molecule has 0 aromatic heterocycles. The largest absolute Gasteiger partial charge is 0.286 e. The van der Waals surface area contributed by atoms with Gasteiger partial charge in [0.2, 0.25) is 24.2 Å². The van der Waals surface area contributed by atoms with Gasteiger partial charge in [-0.1, -0.05) is 0 Å². The molecule has 20 atom stereocenters. The van der Waals surface area contributed by atoms with E-state index in [0.29, 0.717) is 64.2 Å². The van der Waals surface area contributed by atoms with E-state index in [4.69, 9.17) is 0 Å². The molecule has 20 unspecified atom stereocenters. The summed E-state index contributed by atoms with van der Waals surface area (Å²) in [7, 11) is 0. The molecule has 0 spiro atoms. The van der Waals surface area contributed by atoms with Crippen LogP contribution in [0.4, 0.5) is 0 Å². The van der Waals surface area contributed by atoms with Crippen LogP contribution < -0.4 is 42.5 Å². The Balaban J connectivity index is 1.08. The van der Waals surface area contributed by atoms with Gasteiger partial charge in [-0.05, 0) is 73.5 Å². The van der Waals surface area contributed by atoms with Crippen LogP contribution in [0.2, 0.25) is 0 Å². The van der Waals surface area contributed by atoms with Gasteiger partial charge in [0, 0.05) is 64.6 Å². The van der Waals surface area contributed by atoms with Gasteiger partial charge < -0.3 is 0 Å². The molecule has 288 valence electrons. The smallest absolute Gasteiger partial charge is 0.219 e. The molecule has 0 radical (unpaired) electrons. The minimum absolute atomic E-state index is 0.0300. The average molecular weight is 733 g/mol. The molecule has 20 heteroatoms. The van der Waals surface area contributed by atoms with Crippen molar-refractivity contribution in [1.82, 2.24) is 42.5 Å². The van der Waals surface area contributed by atoms with Crippen molar-refractivity contribution >= 4 is 0 Å². The minimum atomic E-state index is -0.758. The van der Waals surface area contributed by atoms with E-state index in [1.165, 1.54) is 0 Å². The molecule has 5 saturated heterocycles. The highest BCUT2D eigenvalue weighted by Crippen LogP contribution is 2.46. The number of nitrogens with one attached hydrogen (secondary N) is 8. The maximum absolute atomic E-state index is 12.5. The summed E-state index contributed by atoms with van der Waals surface area (Å²) in [6.45, 7) is 0. The third-order valence-corrected chi connectivity index (χ3v) is 15.2. The van der Waals surface area contributed by atoms with Gasteiger partial charge in [0.1, 0.15) is 0 Å². The summed E-state index contributed by atoms with van der Waals surface area (Å²) >= 11 is 0. The molecular weight excluding hydrogens is 680 g/mol. The zero-order valence-electron chi connectivity index (χ0n) is 29.1. The first-order chi connectivity index (χ1) is 25.0. The first-order valence-corrected chi connectivity index (χ1v) is 19.7. The average Bonchev–Trinajstić information content (AvgIpc) is 3.86. The van der Waals surface area contributed by atoms with Gasteiger partial charge in [-0.2, -0.15) is 0 Å². The molecular formula is C32H52N12O8. The van der Waals surface area contributed by atoms with Crippen LogP contribution in [-0.4, -0.2) is 93.2 Å². The first-order valence-electron chi connectivity index (χ1n) is 19.7. The third kappa shape index (κ3) is 5.97. The fourth-order valence-corrected chi connectivity index (χ4v) is 12.8. The summed E-state index contributed by atoms with van der Waals surface area (Å²) in [6.07, 6.45) is 4.59. The van der Waals surface area contributed by atoms with E-state index >= 15 is 0 Å². The molecule has 20 nitrogen and oxygen atoms in total. The van der Waals surface area contributed by atoms with Crippen LogP contribution in [0.1, 0.15) is 77.0 Å². The minimum Gasteiger partial charge on any atom is -0.286 e. The maximum Gasteiger partial charge on any atom is 0.219 e. The fourth-order valence-electron chi connectivity index (χ4n) is 12.8. The lowest BCUT2D eigenvalue weighted by Gasteiger charge is -2.36. The van der Waals surface area contributed by atoms with Crippen molar-refractivity contribution in [1.29, 1.82) is 0 Å². The van der Waals surface area contributed by atoms with Gasteiger partial charge in [0.25, 0.3) is 0 Å². The molecule has 5 heterocycles. The number of rotatable bonds is 4. The second kappa shape index (κ2) is 13.5. The predicted molar refractivity (Wildman–Crippen MR) is 182 cm³/mol. The summed E-state index contributed by atoms with van der Waals surface area (Å²) in [5.74, 6) is -0.264. The van der Waals surface area contributed by atoms with Crippen LogP contribution in [0.3, 0.4) is 0 Å². The summed E-state index contributed by atoms with van der Waals surface area (Å²) in [5, 5.41) is 79.0. The number of hydrogen-bond acceptors (Lipinski definition) is 16. The first kappa shape index (κ1) is 35.0. The molecule has 52 heavy (non-hydrogen) atoms. The van der Waals surface area contributed by atoms with E-state index in [-0.39, 0.29) is 110 Å². The van der Waals surface area contributed by atoms with Gasteiger partial charge in [0.05, 0.1) is 55.2 Å². The molecule has 4 aliphatic carbocycles. The molecule has 4 saturated carbocycles. The Morgan fingerprint density at radius 2 is 0.673 bits per heavy atom. The lowest BCUT2D eigenvalue weighted by atomic mass is 9.74. The summed E-state index contributed by atoms with van der Waals surface area (Å²) in [4.78, 5) is 48.0. The summed E-state index contributed by atoms with van der Waals surface area (Å²) in [5.41, 5.74) is 0. The Bertz CT molecular complexity index is 1450. The van der Waals surface area contributed by atoms with Gasteiger partial charge >= 0.3 is 0 Å².